The van der Waals surface area contributed by atoms with Crippen LogP contribution in [-0.4, -0.2) is 36.0 Å². The first-order valence-corrected chi connectivity index (χ1v) is 4.78. The first-order chi connectivity index (χ1) is 6.72. The molecular formula is C10H18O4. The summed E-state index contributed by atoms with van der Waals surface area (Å²) in [5, 5.41) is 17.0. The van der Waals surface area contributed by atoms with Gasteiger partial charge in [-0.2, -0.15) is 0 Å². The fourth-order valence-corrected chi connectivity index (χ4v) is 0.857. The van der Waals surface area contributed by atoms with Gasteiger partial charge in [0.05, 0.1) is 6.61 Å². The van der Waals surface area contributed by atoms with Crippen LogP contribution in [0.3, 0.4) is 0 Å². The molecular weight excluding hydrogens is 184 g/mol. The summed E-state index contributed by atoms with van der Waals surface area (Å²) in [4.78, 5) is 11.2. The number of esters is 1. The molecule has 0 saturated heterocycles. The van der Waals surface area contributed by atoms with Crippen molar-refractivity contribution >= 4 is 5.97 Å². The summed E-state index contributed by atoms with van der Waals surface area (Å²) in [7, 11) is 0. The van der Waals surface area contributed by atoms with Gasteiger partial charge >= 0.3 is 5.97 Å². The van der Waals surface area contributed by atoms with Gasteiger partial charge < -0.3 is 14.9 Å². The molecule has 0 saturated carbocycles. The van der Waals surface area contributed by atoms with Gasteiger partial charge in [0, 0.05) is 18.8 Å². The van der Waals surface area contributed by atoms with Gasteiger partial charge in [-0.25, -0.2) is 4.79 Å². The van der Waals surface area contributed by atoms with E-state index < -0.39 is 0 Å². The number of carbonyl (C=O) groups is 1. The van der Waals surface area contributed by atoms with E-state index in [-0.39, 0.29) is 19.2 Å². The van der Waals surface area contributed by atoms with E-state index in [9.17, 15) is 4.79 Å². The van der Waals surface area contributed by atoms with Crippen LogP contribution < -0.4 is 0 Å². The lowest BCUT2D eigenvalue weighted by Gasteiger charge is -2.03. The summed E-state index contributed by atoms with van der Waals surface area (Å²) in [5.41, 5.74) is 0.517. The van der Waals surface area contributed by atoms with Crippen LogP contribution in [0.15, 0.2) is 11.6 Å². The van der Waals surface area contributed by atoms with Gasteiger partial charge in [-0.15, -0.1) is 0 Å². The van der Waals surface area contributed by atoms with Gasteiger partial charge in [-0.1, -0.05) is 6.08 Å². The van der Waals surface area contributed by atoms with Crippen LogP contribution in [0.2, 0.25) is 0 Å². The minimum atomic E-state index is -0.351. The average molecular weight is 202 g/mol. The Morgan fingerprint density at radius 2 is 2.00 bits per heavy atom. The van der Waals surface area contributed by atoms with Crippen molar-refractivity contribution in [2.45, 2.75) is 26.2 Å². The molecule has 0 bridgehead atoms. The second-order valence-electron chi connectivity index (χ2n) is 2.97. The topological polar surface area (TPSA) is 66.8 Å². The fraction of sp³-hybridized carbons (Fsp3) is 0.700. The maximum Gasteiger partial charge on any atom is 0.333 e. The molecule has 0 aromatic carbocycles. The monoisotopic (exact) mass is 202 g/mol. The Balaban J connectivity index is 3.62. The highest BCUT2D eigenvalue weighted by Crippen LogP contribution is 1.99. The van der Waals surface area contributed by atoms with Crippen LogP contribution in [0.1, 0.15) is 26.2 Å². The molecule has 0 radical (unpaired) electrons. The molecule has 14 heavy (non-hydrogen) atoms. The number of hydrogen-bond donors (Lipinski definition) is 2. The summed E-state index contributed by atoms with van der Waals surface area (Å²) in [5.74, 6) is -0.351. The van der Waals surface area contributed by atoms with Gasteiger partial charge in [-0.05, 0) is 26.2 Å². The van der Waals surface area contributed by atoms with E-state index in [1.807, 2.05) is 0 Å². The van der Waals surface area contributed by atoms with Crippen molar-refractivity contribution in [3.05, 3.63) is 11.6 Å². The Labute approximate surface area is 84.2 Å². The van der Waals surface area contributed by atoms with Gasteiger partial charge in [0.2, 0.25) is 0 Å². The highest BCUT2D eigenvalue weighted by molar-refractivity contribution is 5.87. The highest BCUT2D eigenvalue weighted by Gasteiger charge is 2.03. The molecule has 0 aliphatic rings. The molecule has 0 aliphatic carbocycles. The molecule has 0 rings (SSSR count). The Hall–Kier alpha value is -0.870. The molecule has 4 heteroatoms. The molecule has 0 aromatic rings. The first-order valence-electron chi connectivity index (χ1n) is 4.78. The van der Waals surface area contributed by atoms with Crippen LogP contribution >= 0.6 is 0 Å². The number of aliphatic hydroxyl groups is 2. The largest absolute Gasteiger partial charge is 0.462 e. The van der Waals surface area contributed by atoms with E-state index >= 15 is 0 Å². The Bertz CT molecular complexity index is 187. The molecule has 0 unspecified atom stereocenters. The van der Waals surface area contributed by atoms with Gasteiger partial charge in [0.15, 0.2) is 0 Å². The third-order valence-corrected chi connectivity index (χ3v) is 1.69. The number of aliphatic hydroxyl groups excluding tert-OH is 2. The number of carbonyl (C=O) groups excluding carboxylic acids is 1. The molecule has 0 atom stereocenters. The van der Waals surface area contributed by atoms with Crippen molar-refractivity contribution in [3.63, 3.8) is 0 Å². The summed E-state index contributed by atoms with van der Waals surface area (Å²) in [6.07, 6.45) is 3.44. The Morgan fingerprint density at radius 3 is 2.57 bits per heavy atom. The molecule has 0 aromatic heterocycles. The van der Waals surface area contributed by atoms with Crippen LogP contribution in [0.25, 0.3) is 0 Å². The van der Waals surface area contributed by atoms with Gasteiger partial charge in [0.1, 0.15) is 0 Å². The number of ether oxygens (including phenoxy) is 1. The third kappa shape index (κ3) is 6.62. The minimum absolute atomic E-state index is 0.0368. The van der Waals surface area contributed by atoms with Crippen LogP contribution in [0.5, 0.6) is 0 Å². The number of rotatable bonds is 7. The SMILES string of the molecule is CC(=CCCO)C(=O)OCCCCO. The molecule has 2 N–H and O–H groups in total. The number of hydrogen-bond acceptors (Lipinski definition) is 4. The average Bonchev–Trinajstić information content (AvgIpc) is 2.20. The quantitative estimate of drug-likeness (QED) is 0.361. The second kappa shape index (κ2) is 8.72. The van der Waals surface area contributed by atoms with Crippen LogP contribution in [-0.2, 0) is 9.53 Å². The summed E-state index contributed by atoms with van der Waals surface area (Å²) in [6.45, 7) is 2.15. The Kier molecular flexibility index (Phi) is 8.17. The molecule has 0 aliphatic heterocycles. The maximum absolute atomic E-state index is 11.2. The lowest BCUT2D eigenvalue weighted by atomic mass is 10.2. The van der Waals surface area contributed by atoms with Crippen LogP contribution in [0.4, 0.5) is 0 Å². The summed E-state index contributed by atoms with van der Waals surface area (Å²) >= 11 is 0. The van der Waals surface area contributed by atoms with E-state index in [1.54, 1.807) is 13.0 Å². The van der Waals surface area contributed by atoms with Crippen molar-refractivity contribution in [3.8, 4) is 0 Å². The molecule has 4 nitrogen and oxygen atoms in total. The molecule has 0 spiro atoms. The third-order valence-electron chi connectivity index (χ3n) is 1.69. The van der Waals surface area contributed by atoms with Crippen molar-refractivity contribution in [2.24, 2.45) is 0 Å². The highest BCUT2D eigenvalue weighted by atomic mass is 16.5. The predicted octanol–water partition coefficient (Wildman–Crippen LogP) is 0.631. The summed E-state index contributed by atoms with van der Waals surface area (Å²) < 4.78 is 4.90. The van der Waals surface area contributed by atoms with E-state index in [4.69, 9.17) is 14.9 Å². The summed E-state index contributed by atoms with van der Waals surface area (Å²) in [6, 6.07) is 0. The predicted molar refractivity (Wildman–Crippen MR) is 52.7 cm³/mol. The maximum atomic E-state index is 11.2. The lowest BCUT2D eigenvalue weighted by molar-refractivity contribution is -0.139. The standard InChI is InChI=1S/C10H18O4/c1-9(5-4-7-12)10(13)14-8-3-2-6-11/h5,11-12H,2-4,6-8H2,1H3. The van der Waals surface area contributed by atoms with Crippen LogP contribution in [0, 0.1) is 0 Å². The van der Waals surface area contributed by atoms with Crippen molar-refractivity contribution < 1.29 is 19.7 Å². The molecule has 0 heterocycles. The van der Waals surface area contributed by atoms with E-state index in [1.165, 1.54) is 0 Å². The second-order valence-corrected chi connectivity index (χ2v) is 2.97. The Morgan fingerprint density at radius 1 is 1.29 bits per heavy atom. The zero-order valence-corrected chi connectivity index (χ0v) is 8.53. The zero-order chi connectivity index (χ0) is 10.8. The first kappa shape index (κ1) is 13.1. The lowest BCUT2D eigenvalue weighted by Crippen LogP contribution is -2.07. The molecule has 0 amide bonds. The van der Waals surface area contributed by atoms with Crippen molar-refractivity contribution in [1.82, 2.24) is 0 Å². The molecule has 82 valence electrons. The van der Waals surface area contributed by atoms with Gasteiger partial charge in [0.25, 0.3) is 0 Å². The fourth-order valence-electron chi connectivity index (χ4n) is 0.857. The minimum Gasteiger partial charge on any atom is -0.462 e. The number of unbranched alkanes of at least 4 members (excludes halogenated alkanes) is 1. The smallest absolute Gasteiger partial charge is 0.333 e. The van der Waals surface area contributed by atoms with Gasteiger partial charge in [-0.3, -0.25) is 0 Å². The van der Waals surface area contributed by atoms with E-state index in [0.29, 0.717) is 31.4 Å². The van der Waals surface area contributed by atoms with Crippen molar-refractivity contribution in [1.29, 1.82) is 0 Å². The van der Waals surface area contributed by atoms with Crippen molar-refractivity contribution in [2.75, 3.05) is 19.8 Å². The van der Waals surface area contributed by atoms with E-state index in [2.05, 4.69) is 0 Å². The van der Waals surface area contributed by atoms with E-state index in [0.717, 1.165) is 0 Å². The zero-order valence-electron chi connectivity index (χ0n) is 8.53. The normalized spacial score (nSPS) is 11.5. The molecule has 0 fully saturated rings.